The molecule has 0 atom stereocenters. The lowest BCUT2D eigenvalue weighted by molar-refractivity contribution is 0.632. The van der Waals surface area contributed by atoms with Gasteiger partial charge in [0.05, 0.1) is 5.69 Å². The monoisotopic (exact) mass is 199 g/mol. The second kappa shape index (κ2) is 5.29. The number of thioether (sulfide) groups is 1. The minimum atomic E-state index is 0.754. The molecular formula is C9H17N3S. The van der Waals surface area contributed by atoms with Crippen LogP contribution in [0.1, 0.15) is 18.3 Å². The second-order valence-electron chi connectivity index (χ2n) is 2.93. The van der Waals surface area contributed by atoms with Gasteiger partial charge in [-0.2, -0.15) is 16.9 Å². The lowest BCUT2D eigenvalue weighted by Gasteiger charge is -2.02. The smallest absolute Gasteiger partial charge is 0.0596 e. The van der Waals surface area contributed by atoms with Crippen LogP contribution in [0.3, 0.4) is 0 Å². The zero-order valence-corrected chi connectivity index (χ0v) is 9.10. The highest BCUT2D eigenvalue weighted by atomic mass is 32.2. The first-order chi connectivity index (χ1) is 6.27. The van der Waals surface area contributed by atoms with Crippen LogP contribution in [0.15, 0.2) is 6.07 Å². The maximum Gasteiger partial charge on any atom is 0.0596 e. The first-order valence-electron chi connectivity index (χ1n) is 4.59. The van der Waals surface area contributed by atoms with Gasteiger partial charge in [-0.15, -0.1) is 0 Å². The van der Waals surface area contributed by atoms with Crippen LogP contribution in [-0.2, 0) is 12.3 Å². The van der Waals surface area contributed by atoms with Crippen LogP contribution in [-0.4, -0.2) is 22.1 Å². The lowest BCUT2D eigenvalue weighted by atomic mass is 10.4. The van der Waals surface area contributed by atoms with E-state index in [1.807, 2.05) is 18.7 Å². The van der Waals surface area contributed by atoms with Gasteiger partial charge in [-0.05, 0) is 19.9 Å². The van der Waals surface area contributed by atoms with Crippen molar-refractivity contribution in [3.63, 3.8) is 0 Å². The van der Waals surface area contributed by atoms with Crippen LogP contribution in [0.5, 0.6) is 0 Å². The summed E-state index contributed by atoms with van der Waals surface area (Å²) in [5.41, 5.74) is 7.83. The van der Waals surface area contributed by atoms with Gasteiger partial charge in [0.25, 0.3) is 0 Å². The summed E-state index contributed by atoms with van der Waals surface area (Å²) >= 11 is 1.86. The molecule has 0 aliphatic rings. The summed E-state index contributed by atoms with van der Waals surface area (Å²) in [6.07, 6.45) is 0. The summed E-state index contributed by atoms with van der Waals surface area (Å²) in [5.74, 6) is 2.04. The summed E-state index contributed by atoms with van der Waals surface area (Å²) in [7, 11) is 0. The quantitative estimate of drug-likeness (QED) is 0.729. The van der Waals surface area contributed by atoms with Crippen molar-refractivity contribution in [1.29, 1.82) is 0 Å². The van der Waals surface area contributed by atoms with Crippen molar-refractivity contribution in [3.8, 4) is 0 Å². The van der Waals surface area contributed by atoms with E-state index in [0.717, 1.165) is 30.3 Å². The van der Waals surface area contributed by atoms with Crippen molar-refractivity contribution in [2.75, 3.05) is 12.3 Å². The first kappa shape index (κ1) is 10.6. The van der Waals surface area contributed by atoms with Gasteiger partial charge in [-0.25, -0.2) is 0 Å². The average molecular weight is 199 g/mol. The van der Waals surface area contributed by atoms with Crippen molar-refractivity contribution in [1.82, 2.24) is 9.78 Å². The second-order valence-corrected chi connectivity index (χ2v) is 4.04. The molecule has 74 valence electrons. The van der Waals surface area contributed by atoms with Gasteiger partial charge in [0.2, 0.25) is 0 Å². The van der Waals surface area contributed by atoms with Crippen LogP contribution in [0.2, 0.25) is 0 Å². The number of hydrogen-bond donors (Lipinski definition) is 1. The Hall–Kier alpha value is -0.480. The average Bonchev–Trinajstić information content (AvgIpc) is 2.47. The molecule has 0 amide bonds. The van der Waals surface area contributed by atoms with Crippen molar-refractivity contribution < 1.29 is 0 Å². The lowest BCUT2D eigenvalue weighted by Crippen LogP contribution is -2.04. The van der Waals surface area contributed by atoms with Gasteiger partial charge >= 0.3 is 0 Å². The van der Waals surface area contributed by atoms with Crippen LogP contribution < -0.4 is 5.73 Å². The maximum atomic E-state index is 5.43. The van der Waals surface area contributed by atoms with Crippen LogP contribution in [0.25, 0.3) is 0 Å². The third-order valence-corrected chi connectivity index (χ3v) is 2.82. The molecule has 0 aromatic carbocycles. The van der Waals surface area contributed by atoms with Crippen LogP contribution in [0.4, 0.5) is 0 Å². The summed E-state index contributed by atoms with van der Waals surface area (Å²) in [6, 6.07) is 2.15. The Labute approximate surface area is 83.7 Å². The Morgan fingerprint density at radius 1 is 1.62 bits per heavy atom. The fourth-order valence-electron chi connectivity index (χ4n) is 1.25. The number of hydrogen-bond acceptors (Lipinski definition) is 3. The normalized spacial score (nSPS) is 10.7. The zero-order chi connectivity index (χ0) is 9.68. The molecule has 13 heavy (non-hydrogen) atoms. The van der Waals surface area contributed by atoms with E-state index in [1.54, 1.807) is 0 Å². The molecule has 1 aromatic heterocycles. The van der Waals surface area contributed by atoms with E-state index in [1.165, 1.54) is 5.69 Å². The Kier molecular flexibility index (Phi) is 4.32. The molecule has 1 rings (SSSR count). The standard InChI is InChI=1S/C9H17N3S/c1-3-12-9(6-8(2)11-12)7-13-5-4-10/h6H,3-5,7,10H2,1-2H3. The summed E-state index contributed by atoms with van der Waals surface area (Å²) < 4.78 is 2.05. The third-order valence-electron chi connectivity index (χ3n) is 1.80. The number of nitrogens with two attached hydrogens (primary N) is 1. The molecule has 0 aliphatic carbocycles. The van der Waals surface area contributed by atoms with Crippen molar-refractivity contribution in [3.05, 3.63) is 17.5 Å². The van der Waals surface area contributed by atoms with Gasteiger partial charge in [-0.3, -0.25) is 4.68 Å². The Balaban J connectivity index is 2.53. The van der Waals surface area contributed by atoms with Crippen LogP contribution >= 0.6 is 11.8 Å². The van der Waals surface area contributed by atoms with E-state index >= 15 is 0 Å². The molecule has 1 aromatic rings. The van der Waals surface area contributed by atoms with E-state index in [4.69, 9.17) is 5.73 Å². The number of rotatable bonds is 5. The molecule has 4 heteroatoms. The Morgan fingerprint density at radius 3 is 3.00 bits per heavy atom. The highest BCUT2D eigenvalue weighted by Gasteiger charge is 2.02. The fraction of sp³-hybridized carbons (Fsp3) is 0.667. The molecule has 3 nitrogen and oxygen atoms in total. The first-order valence-corrected chi connectivity index (χ1v) is 5.74. The molecule has 0 saturated heterocycles. The number of aryl methyl sites for hydroxylation is 2. The molecule has 0 fully saturated rings. The highest BCUT2D eigenvalue weighted by molar-refractivity contribution is 7.98. The van der Waals surface area contributed by atoms with Crippen molar-refractivity contribution >= 4 is 11.8 Å². The summed E-state index contributed by atoms with van der Waals surface area (Å²) in [6.45, 7) is 5.85. The fourth-order valence-corrected chi connectivity index (χ4v) is 2.00. The predicted molar refractivity (Wildman–Crippen MR) is 57.9 cm³/mol. The molecule has 0 aliphatic heterocycles. The summed E-state index contributed by atoms with van der Waals surface area (Å²) in [4.78, 5) is 0. The highest BCUT2D eigenvalue weighted by Crippen LogP contribution is 2.12. The van der Waals surface area contributed by atoms with E-state index in [9.17, 15) is 0 Å². The molecular weight excluding hydrogens is 182 g/mol. The topological polar surface area (TPSA) is 43.8 Å². The molecule has 0 unspecified atom stereocenters. The van der Waals surface area contributed by atoms with Gasteiger partial charge in [0, 0.05) is 30.3 Å². The van der Waals surface area contributed by atoms with E-state index in [2.05, 4.69) is 22.8 Å². The number of nitrogens with zero attached hydrogens (tertiary/aromatic N) is 2. The third kappa shape index (κ3) is 3.04. The molecule has 2 N–H and O–H groups in total. The zero-order valence-electron chi connectivity index (χ0n) is 8.29. The van der Waals surface area contributed by atoms with Gasteiger partial charge in [-0.1, -0.05) is 0 Å². The molecule has 0 bridgehead atoms. The largest absolute Gasteiger partial charge is 0.330 e. The van der Waals surface area contributed by atoms with E-state index in [-0.39, 0.29) is 0 Å². The summed E-state index contributed by atoms with van der Waals surface area (Å²) in [5, 5.41) is 4.38. The molecule has 1 heterocycles. The Bertz CT molecular complexity index is 257. The predicted octanol–water partition coefficient (Wildman–Crippen LogP) is 1.40. The minimum Gasteiger partial charge on any atom is -0.330 e. The van der Waals surface area contributed by atoms with Gasteiger partial charge < -0.3 is 5.73 Å². The molecule has 0 radical (unpaired) electrons. The van der Waals surface area contributed by atoms with Gasteiger partial charge in [0.1, 0.15) is 0 Å². The Morgan fingerprint density at radius 2 is 2.38 bits per heavy atom. The van der Waals surface area contributed by atoms with Crippen molar-refractivity contribution in [2.24, 2.45) is 5.73 Å². The van der Waals surface area contributed by atoms with E-state index in [0.29, 0.717) is 0 Å². The van der Waals surface area contributed by atoms with E-state index < -0.39 is 0 Å². The van der Waals surface area contributed by atoms with Crippen LogP contribution in [0, 0.1) is 6.92 Å². The maximum absolute atomic E-state index is 5.43. The minimum absolute atomic E-state index is 0.754. The SMILES string of the molecule is CCn1nc(C)cc1CSCCN. The molecule has 0 spiro atoms. The van der Waals surface area contributed by atoms with Crippen molar-refractivity contribution in [2.45, 2.75) is 26.1 Å². The van der Waals surface area contributed by atoms with Gasteiger partial charge in [0.15, 0.2) is 0 Å². The number of aromatic nitrogens is 2. The molecule has 0 saturated carbocycles.